The molecule has 2 heterocycles. The summed E-state index contributed by atoms with van der Waals surface area (Å²) in [5, 5.41) is 5.52. The molecule has 0 saturated carbocycles. The number of amides is 3. The first-order valence-corrected chi connectivity index (χ1v) is 8.41. The van der Waals surface area contributed by atoms with Crippen molar-refractivity contribution in [3.8, 4) is 0 Å². The summed E-state index contributed by atoms with van der Waals surface area (Å²) in [6.07, 6.45) is 0.735. The quantitative estimate of drug-likeness (QED) is 0.768. The molecular formula is C17H23N5O3. The average Bonchev–Trinajstić information content (AvgIpc) is 3.17. The van der Waals surface area contributed by atoms with Gasteiger partial charge in [0.05, 0.1) is 11.0 Å². The molecule has 3 amide bonds. The Kier molecular flexibility index (Phi) is 5.18. The molecule has 134 valence electrons. The standard InChI is InChI=1S/C17H23N5O3/c1-12(15(23)18-8-5-11-25-2)19-17(24)22-10-9-21-14-7-4-3-6-13(14)20-16(21)22/h3-4,6-7,12H,5,8-11H2,1-2H3,(H,18,23)(H,19,24)/t12-/m0/s1. The smallest absolute Gasteiger partial charge is 0.324 e. The van der Waals surface area contributed by atoms with Gasteiger partial charge in [0.2, 0.25) is 11.9 Å². The molecule has 0 radical (unpaired) electrons. The van der Waals surface area contributed by atoms with Crippen molar-refractivity contribution in [3.63, 3.8) is 0 Å². The number of methoxy groups -OCH3 is 1. The summed E-state index contributed by atoms with van der Waals surface area (Å²) in [7, 11) is 1.62. The van der Waals surface area contributed by atoms with Gasteiger partial charge in [0.15, 0.2) is 0 Å². The number of para-hydroxylation sites is 2. The Hall–Kier alpha value is -2.61. The number of benzene rings is 1. The molecule has 3 rings (SSSR count). The zero-order valence-electron chi connectivity index (χ0n) is 14.5. The monoisotopic (exact) mass is 345 g/mol. The Morgan fingerprint density at radius 1 is 1.32 bits per heavy atom. The van der Waals surface area contributed by atoms with Gasteiger partial charge in [-0.15, -0.1) is 0 Å². The van der Waals surface area contributed by atoms with E-state index in [2.05, 4.69) is 15.6 Å². The van der Waals surface area contributed by atoms with Gasteiger partial charge < -0.3 is 19.9 Å². The first kappa shape index (κ1) is 17.2. The van der Waals surface area contributed by atoms with Gasteiger partial charge >= 0.3 is 6.03 Å². The fourth-order valence-electron chi connectivity index (χ4n) is 2.89. The molecule has 1 aromatic carbocycles. The molecule has 0 saturated heterocycles. The number of carbonyl (C=O) groups is 2. The fraction of sp³-hybridized carbons (Fsp3) is 0.471. The number of hydrogen-bond acceptors (Lipinski definition) is 4. The molecule has 2 aromatic rings. The van der Waals surface area contributed by atoms with Gasteiger partial charge in [-0.05, 0) is 25.5 Å². The third kappa shape index (κ3) is 3.58. The third-order valence-corrected chi connectivity index (χ3v) is 4.23. The number of urea groups is 1. The molecule has 8 heteroatoms. The van der Waals surface area contributed by atoms with Crippen LogP contribution in [-0.4, -0.2) is 54.3 Å². The number of aromatic nitrogens is 2. The van der Waals surface area contributed by atoms with E-state index in [4.69, 9.17) is 4.74 Å². The number of fused-ring (bicyclic) bond motifs is 3. The maximum atomic E-state index is 12.5. The van der Waals surface area contributed by atoms with Crippen LogP contribution >= 0.6 is 0 Å². The number of hydrogen-bond donors (Lipinski definition) is 2. The van der Waals surface area contributed by atoms with E-state index in [9.17, 15) is 9.59 Å². The molecular weight excluding hydrogens is 322 g/mol. The molecule has 1 aliphatic heterocycles. The number of nitrogens with zero attached hydrogens (tertiary/aromatic N) is 3. The van der Waals surface area contributed by atoms with Crippen molar-refractivity contribution in [1.29, 1.82) is 0 Å². The van der Waals surface area contributed by atoms with E-state index in [1.54, 1.807) is 18.9 Å². The van der Waals surface area contributed by atoms with Crippen LogP contribution in [0.1, 0.15) is 13.3 Å². The molecule has 0 unspecified atom stereocenters. The van der Waals surface area contributed by atoms with Gasteiger partial charge in [0, 0.05) is 33.4 Å². The predicted octanol–water partition coefficient (Wildman–Crippen LogP) is 1.11. The lowest BCUT2D eigenvalue weighted by molar-refractivity contribution is -0.122. The number of ether oxygens (including phenoxy) is 1. The maximum absolute atomic E-state index is 12.5. The van der Waals surface area contributed by atoms with Crippen molar-refractivity contribution in [2.75, 3.05) is 31.7 Å². The highest BCUT2D eigenvalue weighted by molar-refractivity contribution is 5.96. The third-order valence-electron chi connectivity index (χ3n) is 4.23. The van der Waals surface area contributed by atoms with E-state index in [0.717, 1.165) is 17.5 Å². The van der Waals surface area contributed by atoms with E-state index < -0.39 is 6.04 Å². The molecule has 8 nitrogen and oxygen atoms in total. The Balaban J connectivity index is 1.60. The molecule has 25 heavy (non-hydrogen) atoms. The van der Waals surface area contributed by atoms with Crippen LogP contribution < -0.4 is 15.5 Å². The van der Waals surface area contributed by atoms with Crippen LogP contribution in [-0.2, 0) is 16.1 Å². The number of anilines is 1. The summed E-state index contributed by atoms with van der Waals surface area (Å²) in [5.74, 6) is 0.406. The highest BCUT2D eigenvalue weighted by atomic mass is 16.5. The van der Waals surface area contributed by atoms with Gasteiger partial charge in [-0.2, -0.15) is 0 Å². The minimum Gasteiger partial charge on any atom is -0.385 e. The lowest BCUT2D eigenvalue weighted by atomic mass is 10.3. The van der Waals surface area contributed by atoms with Crippen molar-refractivity contribution < 1.29 is 14.3 Å². The summed E-state index contributed by atoms with van der Waals surface area (Å²) in [5.41, 5.74) is 1.87. The Morgan fingerprint density at radius 2 is 2.12 bits per heavy atom. The molecule has 2 N–H and O–H groups in total. The summed E-state index contributed by atoms with van der Waals surface area (Å²) < 4.78 is 6.96. The zero-order chi connectivity index (χ0) is 17.8. The SMILES string of the molecule is COCCCNC(=O)[C@H](C)NC(=O)N1CCn2c1nc1ccccc12. The van der Waals surface area contributed by atoms with Crippen molar-refractivity contribution in [3.05, 3.63) is 24.3 Å². The van der Waals surface area contributed by atoms with Crippen LogP contribution in [0.5, 0.6) is 0 Å². The minimum atomic E-state index is -0.617. The number of rotatable bonds is 6. The van der Waals surface area contributed by atoms with Gasteiger partial charge in [-0.25, -0.2) is 9.78 Å². The van der Waals surface area contributed by atoms with Crippen molar-refractivity contribution in [2.24, 2.45) is 0 Å². The number of imidazole rings is 1. The molecule has 0 spiro atoms. The minimum absolute atomic E-state index is 0.211. The van der Waals surface area contributed by atoms with Crippen LogP contribution in [0, 0.1) is 0 Å². The molecule has 0 aliphatic carbocycles. The van der Waals surface area contributed by atoms with E-state index >= 15 is 0 Å². The largest absolute Gasteiger partial charge is 0.385 e. The van der Waals surface area contributed by atoms with Crippen molar-refractivity contribution in [2.45, 2.75) is 25.9 Å². The highest BCUT2D eigenvalue weighted by Gasteiger charge is 2.29. The lowest BCUT2D eigenvalue weighted by Gasteiger charge is -2.19. The van der Waals surface area contributed by atoms with Gasteiger partial charge in [-0.3, -0.25) is 9.69 Å². The zero-order valence-corrected chi connectivity index (χ0v) is 14.5. The van der Waals surface area contributed by atoms with E-state index in [1.807, 2.05) is 28.8 Å². The lowest BCUT2D eigenvalue weighted by Crippen LogP contribution is -2.50. The topological polar surface area (TPSA) is 88.5 Å². The highest BCUT2D eigenvalue weighted by Crippen LogP contribution is 2.26. The van der Waals surface area contributed by atoms with Crippen LogP contribution in [0.2, 0.25) is 0 Å². The molecule has 1 aromatic heterocycles. The summed E-state index contributed by atoms with van der Waals surface area (Å²) >= 11 is 0. The maximum Gasteiger partial charge on any atom is 0.324 e. The second kappa shape index (κ2) is 7.52. The van der Waals surface area contributed by atoms with Crippen LogP contribution in [0.25, 0.3) is 11.0 Å². The Bertz CT molecular complexity index is 773. The van der Waals surface area contributed by atoms with Crippen molar-refractivity contribution >= 4 is 28.9 Å². The summed E-state index contributed by atoms with van der Waals surface area (Å²) in [6.45, 7) is 4.02. The van der Waals surface area contributed by atoms with Gasteiger partial charge in [0.25, 0.3) is 0 Å². The van der Waals surface area contributed by atoms with Crippen LogP contribution in [0.15, 0.2) is 24.3 Å². The molecule has 0 fully saturated rings. The fourth-order valence-corrected chi connectivity index (χ4v) is 2.89. The van der Waals surface area contributed by atoms with Crippen LogP contribution in [0.4, 0.5) is 10.7 Å². The first-order chi connectivity index (χ1) is 12.1. The summed E-state index contributed by atoms with van der Waals surface area (Å²) in [4.78, 5) is 30.7. The summed E-state index contributed by atoms with van der Waals surface area (Å²) in [6, 6.07) is 6.86. The van der Waals surface area contributed by atoms with Crippen LogP contribution in [0.3, 0.4) is 0 Å². The van der Waals surface area contributed by atoms with E-state index in [1.165, 1.54) is 0 Å². The number of nitrogens with one attached hydrogen (secondary N) is 2. The second-order valence-corrected chi connectivity index (χ2v) is 6.01. The second-order valence-electron chi connectivity index (χ2n) is 6.01. The Morgan fingerprint density at radius 3 is 2.92 bits per heavy atom. The van der Waals surface area contributed by atoms with E-state index in [0.29, 0.717) is 32.2 Å². The molecule has 1 aliphatic rings. The average molecular weight is 345 g/mol. The molecule has 1 atom stereocenters. The Labute approximate surface area is 146 Å². The normalized spacial score (nSPS) is 14.4. The van der Waals surface area contributed by atoms with E-state index in [-0.39, 0.29) is 11.9 Å². The van der Waals surface area contributed by atoms with Gasteiger partial charge in [-0.1, -0.05) is 12.1 Å². The molecule has 0 bridgehead atoms. The van der Waals surface area contributed by atoms with Gasteiger partial charge in [0.1, 0.15) is 6.04 Å². The number of carbonyl (C=O) groups excluding carboxylic acids is 2. The predicted molar refractivity (Wildman–Crippen MR) is 94.6 cm³/mol. The van der Waals surface area contributed by atoms with Crippen molar-refractivity contribution in [1.82, 2.24) is 20.2 Å². The first-order valence-electron chi connectivity index (χ1n) is 8.41.